The molecule has 0 aromatic carbocycles. The highest BCUT2D eigenvalue weighted by atomic mass is 28.4. The second-order valence-electron chi connectivity index (χ2n) is 4.90. The fraction of sp³-hybridized carbons (Fsp3) is 0.667. The Balaban J connectivity index is 4.02. The summed E-state index contributed by atoms with van der Waals surface area (Å²) in [6.07, 6.45) is 2.56. The Bertz CT molecular complexity index is 237. The molecular formula is C12H22OSi. The molecule has 0 atom stereocenters. The van der Waals surface area contributed by atoms with E-state index in [1.54, 1.807) is 6.08 Å². The van der Waals surface area contributed by atoms with Crippen LogP contribution in [0.15, 0.2) is 12.7 Å². The van der Waals surface area contributed by atoms with Gasteiger partial charge in [-0.3, -0.25) is 0 Å². The first-order valence-corrected chi connectivity index (χ1v) is 7.92. The molecule has 0 N–H and O–H groups in total. The minimum atomic E-state index is -1.59. The smallest absolute Gasteiger partial charge is 0.193 e. The molecule has 2 heteroatoms. The summed E-state index contributed by atoms with van der Waals surface area (Å²) in [5.74, 6) is 5.99. The van der Waals surface area contributed by atoms with Crippen LogP contribution in [0.5, 0.6) is 0 Å². The molecule has 0 aliphatic carbocycles. The monoisotopic (exact) mass is 210 g/mol. The Morgan fingerprint density at radius 3 is 2.29 bits per heavy atom. The summed E-state index contributed by atoms with van der Waals surface area (Å²) in [7, 11) is -1.59. The van der Waals surface area contributed by atoms with Gasteiger partial charge in [-0.1, -0.05) is 38.7 Å². The molecule has 0 rings (SSSR count). The van der Waals surface area contributed by atoms with E-state index in [9.17, 15) is 0 Å². The van der Waals surface area contributed by atoms with E-state index < -0.39 is 8.32 Å². The van der Waals surface area contributed by atoms with Crippen molar-refractivity contribution >= 4 is 8.32 Å². The van der Waals surface area contributed by atoms with Crippen LogP contribution in [0.2, 0.25) is 18.1 Å². The van der Waals surface area contributed by atoms with Gasteiger partial charge in [-0.25, -0.2) is 0 Å². The summed E-state index contributed by atoms with van der Waals surface area (Å²) >= 11 is 0. The minimum absolute atomic E-state index is 0.271. The van der Waals surface area contributed by atoms with Crippen LogP contribution in [0.1, 0.15) is 27.2 Å². The third-order valence-corrected chi connectivity index (χ3v) is 7.16. The lowest BCUT2D eigenvalue weighted by Gasteiger charge is -2.35. The molecule has 80 valence electrons. The first-order valence-electron chi connectivity index (χ1n) is 5.02. The summed E-state index contributed by atoms with van der Waals surface area (Å²) in [5, 5.41) is 0.271. The van der Waals surface area contributed by atoms with Crippen LogP contribution in [-0.4, -0.2) is 14.9 Å². The number of allylic oxidation sites excluding steroid dienone is 1. The first-order chi connectivity index (χ1) is 6.31. The maximum atomic E-state index is 5.87. The van der Waals surface area contributed by atoms with Crippen LogP contribution in [-0.2, 0) is 4.43 Å². The average molecular weight is 210 g/mol. The molecule has 14 heavy (non-hydrogen) atoms. The van der Waals surface area contributed by atoms with Crippen LogP contribution < -0.4 is 0 Å². The van der Waals surface area contributed by atoms with Gasteiger partial charge in [-0.05, 0) is 18.1 Å². The molecule has 0 aromatic heterocycles. The summed E-state index contributed by atoms with van der Waals surface area (Å²) in [4.78, 5) is 0. The van der Waals surface area contributed by atoms with Gasteiger partial charge in [0.05, 0.1) is 6.61 Å². The van der Waals surface area contributed by atoms with Crippen LogP contribution >= 0.6 is 0 Å². The van der Waals surface area contributed by atoms with Gasteiger partial charge in [-0.15, -0.1) is 6.58 Å². The quantitative estimate of drug-likeness (QED) is 0.393. The molecular weight excluding hydrogens is 188 g/mol. The lowest BCUT2D eigenvalue weighted by atomic mass is 10.2. The van der Waals surface area contributed by atoms with Crippen molar-refractivity contribution in [3.05, 3.63) is 12.7 Å². The van der Waals surface area contributed by atoms with Crippen LogP contribution in [0.25, 0.3) is 0 Å². The molecule has 1 nitrogen and oxygen atoms in total. The van der Waals surface area contributed by atoms with Gasteiger partial charge in [0.2, 0.25) is 0 Å². The SMILES string of the molecule is C=CCC#CCO[Si](C)(C)C(C)(C)C. The second kappa shape index (κ2) is 5.38. The summed E-state index contributed by atoms with van der Waals surface area (Å²) in [5.41, 5.74) is 0. The predicted molar refractivity (Wildman–Crippen MR) is 65.7 cm³/mol. The van der Waals surface area contributed by atoms with Crippen LogP contribution in [0.4, 0.5) is 0 Å². The Morgan fingerprint density at radius 2 is 1.86 bits per heavy atom. The number of rotatable bonds is 3. The summed E-state index contributed by atoms with van der Waals surface area (Å²) in [6, 6.07) is 0. The van der Waals surface area contributed by atoms with Crippen molar-refractivity contribution in [1.29, 1.82) is 0 Å². The Kier molecular flexibility index (Phi) is 5.18. The van der Waals surface area contributed by atoms with Crippen molar-refractivity contribution in [3.63, 3.8) is 0 Å². The minimum Gasteiger partial charge on any atom is -0.406 e. The third kappa shape index (κ3) is 4.64. The zero-order chi connectivity index (χ0) is 11.2. The fourth-order valence-electron chi connectivity index (χ4n) is 0.628. The van der Waals surface area contributed by atoms with Gasteiger partial charge in [0, 0.05) is 6.42 Å². The van der Waals surface area contributed by atoms with Gasteiger partial charge in [0.25, 0.3) is 0 Å². The van der Waals surface area contributed by atoms with E-state index in [1.807, 2.05) is 0 Å². The number of hydrogen-bond donors (Lipinski definition) is 0. The molecule has 0 aliphatic heterocycles. The van der Waals surface area contributed by atoms with Crippen molar-refractivity contribution in [2.75, 3.05) is 6.61 Å². The van der Waals surface area contributed by atoms with E-state index in [0.717, 1.165) is 6.42 Å². The zero-order valence-corrected chi connectivity index (χ0v) is 11.1. The van der Waals surface area contributed by atoms with Crippen molar-refractivity contribution in [2.45, 2.75) is 45.3 Å². The normalized spacial score (nSPS) is 11.8. The van der Waals surface area contributed by atoms with E-state index in [4.69, 9.17) is 4.43 Å². The molecule has 0 saturated heterocycles. The lowest BCUT2D eigenvalue weighted by Crippen LogP contribution is -2.40. The van der Waals surface area contributed by atoms with Crippen molar-refractivity contribution in [2.24, 2.45) is 0 Å². The molecule has 0 bridgehead atoms. The Labute approximate surface area is 89.7 Å². The van der Waals surface area contributed by atoms with Gasteiger partial charge in [0.15, 0.2) is 8.32 Å². The van der Waals surface area contributed by atoms with Crippen LogP contribution in [0, 0.1) is 11.8 Å². The fourth-order valence-corrected chi connectivity index (χ4v) is 1.49. The van der Waals surface area contributed by atoms with E-state index in [-0.39, 0.29) is 5.04 Å². The molecule has 0 spiro atoms. The van der Waals surface area contributed by atoms with Gasteiger partial charge in [-0.2, -0.15) is 0 Å². The van der Waals surface area contributed by atoms with Crippen molar-refractivity contribution < 1.29 is 4.43 Å². The van der Waals surface area contributed by atoms with Crippen LogP contribution in [0.3, 0.4) is 0 Å². The second-order valence-corrected chi connectivity index (χ2v) is 9.70. The van der Waals surface area contributed by atoms with E-state index in [0.29, 0.717) is 6.61 Å². The standard InChI is InChI=1S/C12H22OSi/c1-7-8-9-10-11-13-14(5,6)12(2,3)4/h7H,1,8,11H2,2-6H3. The largest absolute Gasteiger partial charge is 0.406 e. The molecule has 0 saturated carbocycles. The van der Waals surface area contributed by atoms with E-state index in [1.165, 1.54) is 0 Å². The Morgan fingerprint density at radius 1 is 1.29 bits per heavy atom. The highest BCUT2D eigenvalue weighted by Crippen LogP contribution is 2.36. The summed E-state index contributed by atoms with van der Waals surface area (Å²) < 4.78 is 5.87. The molecule has 0 aliphatic rings. The number of hydrogen-bond acceptors (Lipinski definition) is 1. The van der Waals surface area contributed by atoms with Gasteiger partial charge < -0.3 is 4.43 Å². The highest BCUT2D eigenvalue weighted by molar-refractivity contribution is 6.74. The summed E-state index contributed by atoms with van der Waals surface area (Å²) in [6.45, 7) is 15.3. The van der Waals surface area contributed by atoms with E-state index >= 15 is 0 Å². The van der Waals surface area contributed by atoms with Crippen molar-refractivity contribution in [1.82, 2.24) is 0 Å². The Hall–Kier alpha value is -0.523. The predicted octanol–water partition coefficient (Wildman–Crippen LogP) is 3.59. The maximum Gasteiger partial charge on any atom is 0.193 e. The molecule has 0 heterocycles. The molecule has 0 unspecified atom stereocenters. The van der Waals surface area contributed by atoms with Gasteiger partial charge >= 0.3 is 0 Å². The topological polar surface area (TPSA) is 9.23 Å². The highest BCUT2D eigenvalue weighted by Gasteiger charge is 2.36. The zero-order valence-electron chi connectivity index (χ0n) is 10.1. The van der Waals surface area contributed by atoms with Crippen molar-refractivity contribution in [3.8, 4) is 11.8 Å². The van der Waals surface area contributed by atoms with E-state index in [2.05, 4.69) is 52.3 Å². The molecule has 0 aromatic rings. The average Bonchev–Trinajstić information content (AvgIpc) is 2.02. The molecule has 0 fully saturated rings. The first kappa shape index (κ1) is 13.5. The molecule has 0 radical (unpaired) electrons. The third-order valence-electron chi connectivity index (χ3n) is 2.68. The lowest BCUT2D eigenvalue weighted by molar-refractivity contribution is 0.334. The van der Waals surface area contributed by atoms with Gasteiger partial charge in [0.1, 0.15) is 0 Å². The maximum absolute atomic E-state index is 5.87. The molecule has 0 amide bonds.